The van der Waals surface area contributed by atoms with Gasteiger partial charge in [0.05, 0.1) is 0 Å². The van der Waals surface area contributed by atoms with E-state index in [4.69, 9.17) is 0 Å². The van der Waals surface area contributed by atoms with E-state index in [1.54, 1.807) is 0 Å². The molecule has 2 amide bonds. The molecular formula is C15H30N2O. The number of carbonyl (C=O) groups excluding carboxylic acids is 1. The van der Waals surface area contributed by atoms with Crippen molar-refractivity contribution in [2.45, 2.75) is 53.9 Å². The zero-order chi connectivity index (χ0) is 13.8. The monoisotopic (exact) mass is 254 g/mol. The molecule has 0 aromatic heterocycles. The number of carbonyl (C=O) groups is 1. The summed E-state index contributed by atoms with van der Waals surface area (Å²) in [4.78, 5) is 16.3. The molecule has 3 heteroatoms. The lowest BCUT2D eigenvalue weighted by Crippen LogP contribution is -2.47. The van der Waals surface area contributed by atoms with Gasteiger partial charge in [0, 0.05) is 26.2 Å². The van der Waals surface area contributed by atoms with Crippen molar-refractivity contribution in [2.24, 2.45) is 11.3 Å². The van der Waals surface area contributed by atoms with Crippen molar-refractivity contribution >= 4 is 6.03 Å². The van der Waals surface area contributed by atoms with Gasteiger partial charge in [-0.25, -0.2) is 4.79 Å². The molecule has 1 rings (SSSR count). The fourth-order valence-corrected chi connectivity index (χ4v) is 2.97. The van der Waals surface area contributed by atoms with E-state index in [-0.39, 0.29) is 6.03 Å². The maximum atomic E-state index is 12.3. The molecule has 1 heterocycles. The average molecular weight is 254 g/mol. The molecule has 1 aliphatic heterocycles. The van der Waals surface area contributed by atoms with Gasteiger partial charge >= 0.3 is 6.03 Å². The van der Waals surface area contributed by atoms with Gasteiger partial charge in [-0.15, -0.1) is 0 Å². The molecule has 0 saturated carbocycles. The molecule has 1 unspecified atom stereocenters. The molecule has 0 aromatic carbocycles. The number of piperidine rings is 1. The molecular weight excluding hydrogens is 224 g/mol. The second kappa shape index (κ2) is 6.44. The number of nitrogens with zero attached hydrogens (tertiary/aromatic N) is 2. The summed E-state index contributed by atoms with van der Waals surface area (Å²) in [5, 5.41) is 0. The predicted octanol–water partition coefficient (Wildman–Crippen LogP) is 3.60. The smallest absolute Gasteiger partial charge is 0.319 e. The van der Waals surface area contributed by atoms with Crippen LogP contribution in [-0.2, 0) is 0 Å². The van der Waals surface area contributed by atoms with Crippen LogP contribution in [0.2, 0.25) is 0 Å². The Morgan fingerprint density at radius 3 is 2.39 bits per heavy atom. The van der Waals surface area contributed by atoms with Crippen molar-refractivity contribution < 1.29 is 4.79 Å². The van der Waals surface area contributed by atoms with Gasteiger partial charge < -0.3 is 9.80 Å². The highest BCUT2D eigenvalue weighted by Crippen LogP contribution is 2.30. The van der Waals surface area contributed by atoms with Crippen LogP contribution >= 0.6 is 0 Å². The summed E-state index contributed by atoms with van der Waals surface area (Å²) in [7, 11) is 0. The highest BCUT2D eigenvalue weighted by molar-refractivity contribution is 5.74. The minimum Gasteiger partial charge on any atom is -0.325 e. The fraction of sp³-hybridized carbons (Fsp3) is 0.933. The summed E-state index contributed by atoms with van der Waals surface area (Å²) in [5.74, 6) is 0.679. The number of amides is 2. The Bertz CT molecular complexity index is 266. The molecule has 3 nitrogen and oxygen atoms in total. The van der Waals surface area contributed by atoms with Gasteiger partial charge in [-0.3, -0.25) is 0 Å². The summed E-state index contributed by atoms with van der Waals surface area (Å²) >= 11 is 0. The van der Waals surface area contributed by atoms with Gasteiger partial charge in [-0.05, 0) is 44.4 Å². The number of likely N-dealkylation sites (tertiary alicyclic amines) is 1. The van der Waals surface area contributed by atoms with E-state index >= 15 is 0 Å². The third kappa shape index (κ3) is 4.51. The predicted molar refractivity (Wildman–Crippen MR) is 76.7 cm³/mol. The summed E-state index contributed by atoms with van der Waals surface area (Å²) in [6.45, 7) is 14.5. The number of rotatable bonds is 3. The molecule has 0 N–H and O–H groups in total. The summed E-state index contributed by atoms with van der Waals surface area (Å²) in [6.07, 6.45) is 3.65. The third-order valence-corrected chi connectivity index (χ3v) is 3.72. The second-order valence-corrected chi connectivity index (χ2v) is 6.67. The molecule has 0 bridgehead atoms. The fourth-order valence-electron chi connectivity index (χ4n) is 2.97. The van der Waals surface area contributed by atoms with E-state index in [0.29, 0.717) is 11.3 Å². The number of urea groups is 1. The first kappa shape index (κ1) is 15.3. The topological polar surface area (TPSA) is 23.6 Å². The molecule has 106 valence electrons. The van der Waals surface area contributed by atoms with Gasteiger partial charge in [0.15, 0.2) is 0 Å². The maximum Gasteiger partial charge on any atom is 0.319 e. The molecule has 0 aromatic rings. The van der Waals surface area contributed by atoms with Crippen molar-refractivity contribution in [3.8, 4) is 0 Å². The van der Waals surface area contributed by atoms with Gasteiger partial charge in [0.1, 0.15) is 0 Å². The molecule has 1 aliphatic rings. The van der Waals surface area contributed by atoms with Crippen LogP contribution in [0.3, 0.4) is 0 Å². The van der Waals surface area contributed by atoms with Crippen molar-refractivity contribution in [3.05, 3.63) is 0 Å². The Morgan fingerprint density at radius 1 is 1.28 bits per heavy atom. The van der Waals surface area contributed by atoms with Crippen LogP contribution in [0.25, 0.3) is 0 Å². The van der Waals surface area contributed by atoms with Crippen molar-refractivity contribution in [1.29, 1.82) is 0 Å². The lowest BCUT2D eigenvalue weighted by Gasteiger charge is -2.38. The first-order valence-corrected chi connectivity index (χ1v) is 7.41. The summed E-state index contributed by atoms with van der Waals surface area (Å²) < 4.78 is 0. The maximum absolute atomic E-state index is 12.3. The first-order valence-electron chi connectivity index (χ1n) is 7.41. The lowest BCUT2D eigenvalue weighted by atomic mass is 9.81. The quantitative estimate of drug-likeness (QED) is 0.755. The summed E-state index contributed by atoms with van der Waals surface area (Å²) in [6, 6.07) is 0.235. The van der Waals surface area contributed by atoms with Gasteiger partial charge in [-0.1, -0.05) is 20.8 Å². The van der Waals surface area contributed by atoms with Crippen LogP contribution in [-0.4, -0.2) is 42.0 Å². The molecule has 0 radical (unpaired) electrons. The zero-order valence-corrected chi connectivity index (χ0v) is 12.8. The number of hydrogen-bond acceptors (Lipinski definition) is 1. The van der Waals surface area contributed by atoms with Crippen molar-refractivity contribution in [1.82, 2.24) is 9.80 Å². The van der Waals surface area contributed by atoms with Crippen molar-refractivity contribution in [2.75, 3.05) is 26.2 Å². The van der Waals surface area contributed by atoms with E-state index < -0.39 is 0 Å². The van der Waals surface area contributed by atoms with E-state index in [1.807, 2.05) is 4.90 Å². The molecule has 0 spiro atoms. The summed E-state index contributed by atoms with van der Waals surface area (Å²) in [5.41, 5.74) is 0.367. The van der Waals surface area contributed by atoms with E-state index in [0.717, 1.165) is 32.6 Å². The van der Waals surface area contributed by atoms with Crippen LogP contribution in [0, 0.1) is 11.3 Å². The van der Waals surface area contributed by atoms with E-state index in [1.165, 1.54) is 12.8 Å². The van der Waals surface area contributed by atoms with Crippen LogP contribution in [0.5, 0.6) is 0 Å². The van der Waals surface area contributed by atoms with Gasteiger partial charge in [0.2, 0.25) is 0 Å². The third-order valence-electron chi connectivity index (χ3n) is 3.72. The highest BCUT2D eigenvalue weighted by Gasteiger charge is 2.28. The molecule has 1 fully saturated rings. The van der Waals surface area contributed by atoms with Crippen molar-refractivity contribution in [3.63, 3.8) is 0 Å². The normalized spacial score (nSPS) is 20.9. The van der Waals surface area contributed by atoms with Crippen LogP contribution < -0.4 is 0 Å². The minimum absolute atomic E-state index is 0.235. The second-order valence-electron chi connectivity index (χ2n) is 6.67. The minimum atomic E-state index is 0.235. The molecule has 0 aliphatic carbocycles. The van der Waals surface area contributed by atoms with Gasteiger partial charge in [-0.2, -0.15) is 0 Å². The van der Waals surface area contributed by atoms with E-state index in [9.17, 15) is 4.79 Å². The Labute approximate surface area is 113 Å². The van der Waals surface area contributed by atoms with Crippen LogP contribution in [0.1, 0.15) is 53.9 Å². The molecule has 1 atom stereocenters. The molecule has 1 saturated heterocycles. The van der Waals surface area contributed by atoms with Crippen LogP contribution in [0.15, 0.2) is 0 Å². The lowest BCUT2D eigenvalue weighted by molar-refractivity contribution is 0.119. The zero-order valence-electron chi connectivity index (χ0n) is 12.8. The Hall–Kier alpha value is -0.730. The standard InChI is InChI=1S/C15H30N2O/c1-6-16(7-2)14(18)17-10-8-9-13(12-17)11-15(3,4)5/h13H,6-12H2,1-5H3. The van der Waals surface area contributed by atoms with Gasteiger partial charge in [0.25, 0.3) is 0 Å². The largest absolute Gasteiger partial charge is 0.325 e. The Kier molecular flexibility index (Phi) is 5.48. The first-order chi connectivity index (χ1) is 8.37. The average Bonchev–Trinajstić information content (AvgIpc) is 2.28. The Balaban J connectivity index is 2.55. The number of hydrogen-bond donors (Lipinski definition) is 0. The van der Waals surface area contributed by atoms with E-state index in [2.05, 4.69) is 39.5 Å². The Morgan fingerprint density at radius 2 is 1.89 bits per heavy atom. The molecule has 18 heavy (non-hydrogen) atoms. The van der Waals surface area contributed by atoms with Crippen LogP contribution in [0.4, 0.5) is 4.79 Å². The highest BCUT2D eigenvalue weighted by atomic mass is 16.2. The SMILES string of the molecule is CCN(CC)C(=O)N1CCCC(CC(C)(C)C)C1.